The first-order valence-electron chi connectivity index (χ1n) is 5.78. The van der Waals surface area contributed by atoms with Gasteiger partial charge >= 0.3 is 0 Å². The summed E-state index contributed by atoms with van der Waals surface area (Å²) in [5.74, 6) is -1.47. The molecule has 0 aliphatic heterocycles. The summed E-state index contributed by atoms with van der Waals surface area (Å²) in [6, 6.07) is 8.82. The number of benzene rings is 2. The molecule has 0 spiro atoms. The molecule has 2 aromatic carbocycles. The van der Waals surface area contributed by atoms with Crippen molar-refractivity contribution in [3.05, 3.63) is 58.4 Å². The summed E-state index contributed by atoms with van der Waals surface area (Å²) in [6.07, 6.45) is 0. The number of phenolic OH excluding ortho intramolecular Hbond substituents is 1. The molecule has 104 valence electrons. The Labute approximate surface area is 120 Å². The van der Waals surface area contributed by atoms with Gasteiger partial charge in [0.15, 0.2) is 0 Å². The molecular weight excluding hydrogens is 283 g/mol. The van der Waals surface area contributed by atoms with Crippen LogP contribution in [-0.4, -0.2) is 11.0 Å². The van der Waals surface area contributed by atoms with Crippen molar-refractivity contribution in [1.29, 1.82) is 0 Å². The summed E-state index contributed by atoms with van der Waals surface area (Å²) in [6.45, 7) is 0.407. The number of phenols is 1. The van der Waals surface area contributed by atoms with Crippen LogP contribution in [0.3, 0.4) is 0 Å². The maximum atomic E-state index is 13.3. The highest BCUT2D eigenvalue weighted by Gasteiger charge is 2.09. The molecule has 2 aromatic rings. The molecule has 0 bridgehead atoms. The lowest BCUT2D eigenvalue weighted by molar-refractivity contribution is 0.0996. The van der Waals surface area contributed by atoms with Crippen LogP contribution in [0.1, 0.15) is 15.9 Å². The lowest BCUT2D eigenvalue weighted by Crippen LogP contribution is -2.13. The fraction of sp³-hybridized carbons (Fsp3) is 0.0714. The molecule has 0 aromatic heterocycles. The Bertz CT molecular complexity index is 662. The van der Waals surface area contributed by atoms with Crippen LogP contribution in [0.2, 0.25) is 5.02 Å². The summed E-state index contributed by atoms with van der Waals surface area (Å²) in [5, 5.41) is 12.6. The molecule has 0 atom stereocenters. The Hall–Kier alpha value is -2.27. The van der Waals surface area contributed by atoms with E-state index in [1.807, 2.05) is 0 Å². The van der Waals surface area contributed by atoms with Crippen LogP contribution in [0.25, 0.3) is 0 Å². The Balaban J connectivity index is 2.12. The van der Waals surface area contributed by atoms with E-state index >= 15 is 0 Å². The van der Waals surface area contributed by atoms with Gasteiger partial charge in [0, 0.05) is 12.2 Å². The van der Waals surface area contributed by atoms with Gasteiger partial charge in [-0.15, -0.1) is 0 Å². The third-order valence-corrected chi connectivity index (χ3v) is 3.04. The lowest BCUT2D eigenvalue weighted by Gasteiger charge is -2.09. The third kappa shape index (κ3) is 3.19. The number of nitrogens with two attached hydrogens (primary N) is 1. The van der Waals surface area contributed by atoms with Crippen molar-refractivity contribution in [1.82, 2.24) is 0 Å². The largest absolute Gasteiger partial charge is 0.506 e. The molecule has 0 saturated heterocycles. The molecule has 0 fully saturated rings. The standard InChI is InChI=1S/C14H12ClFN2O2/c15-11-5-8(1-4-13(11)19)7-18-9-2-3-12(16)10(6-9)14(17)20/h1-6,18-19H,7H2,(H2,17,20). The molecule has 4 nitrogen and oxygen atoms in total. The van der Waals surface area contributed by atoms with E-state index < -0.39 is 11.7 Å². The van der Waals surface area contributed by atoms with Crippen LogP contribution in [0.4, 0.5) is 10.1 Å². The molecule has 0 heterocycles. The number of hydrogen-bond acceptors (Lipinski definition) is 3. The predicted molar refractivity (Wildman–Crippen MR) is 75.4 cm³/mol. The number of carbonyl (C=O) groups excluding carboxylic acids is 1. The fourth-order valence-corrected chi connectivity index (χ4v) is 1.89. The third-order valence-electron chi connectivity index (χ3n) is 2.74. The van der Waals surface area contributed by atoms with Crippen molar-refractivity contribution >= 4 is 23.2 Å². The predicted octanol–water partition coefficient (Wildman–Crippen LogP) is 2.90. The van der Waals surface area contributed by atoms with Crippen LogP contribution >= 0.6 is 11.6 Å². The first-order valence-corrected chi connectivity index (χ1v) is 6.16. The van der Waals surface area contributed by atoms with Crippen LogP contribution in [0.15, 0.2) is 36.4 Å². The van der Waals surface area contributed by atoms with Gasteiger partial charge in [-0.25, -0.2) is 4.39 Å². The summed E-state index contributed by atoms with van der Waals surface area (Å²) in [7, 11) is 0. The maximum Gasteiger partial charge on any atom is 0.251 e. The normalized spacial score (nSPS) is 10.3. The van der Waals surface area contributed by atoms with Crippen LogP contribution < -0.4 is 11.1 Å². The number of hydrogen-bond donors (Lipinski definition) is 3. The summed E-state index contributed by atoms with van der Waals surface area (Å²) in [5.41, 5.74) is 6.30. The van der Waals surface area contributed by atoms with E-state index in [9.17, 15) is 14.3 Å². The highest BCUT2D eigenvalue weighted by molar-refractivity contribution is 6.32. The van der Waals surface area contributed by atoms with Crippen molar-refractivity contribution in [2.75, 3.05) is 5.32 Å². The van der Waals surface area contributed by atoms with Gasteiger partial charge in [0.25, 0.3) is 5.91 Å². The Kier molecular flexibility index (Phi) is 4.10. The second kappa shape index (κ2) is 5.79. The quantitative estimate of drug-likeness (QED) is 0.811. The number of rotatable bonds is 4. The average Bonchev–Trinajstić information content (AvgIpc) is 2.41. The van der Waals surface area contributed by atoms with Gasteiger partial charge in [0.05, 0.1) is 10.6 Å². The summed E-state index contributed by atoms with van der Waals surface area (Å²) in [4.78, 5) is 11.0. The number of aromatic hydroxyl groups is 1. The topological polar surface area (TPSA) is 75.4 Å². The van der Waals surface area contributed by atoms with E-state index in [1.165, 1.54) is 24.3 Å². The van der Waals surface area contributed by atoms with E-state index in [2.05, 4.69) is 5.32 Å². The lowest BCUT2D eigenvalue weighted by atomic mass is 10.1. The van der Waals surface area contributed by atoms with Crippen LogP contribution in [0.5, 0.6) is 5.75 Å². The number of halogens is 2. The second-order valence-electron chi connectivity index (χ2n) is 4.20. The smallest absolute Gasteiger partial charge is 0.251 e. The Morgan fingerprint density at radius 2 is 2.05 bits per heavy atom. The van der Waals surface area contributed by atoms with Crippen molar-refractivity contribution in [3.63, 3.8) is 0 Å². The zero-order chi connectivity index (χ0) is 14.7. The summed E-state index contributed by atoms with van der Waals surface area (Å²) >= 11 is 5.79. The van der Waals surface area contributed by atoms with E-state index in [0.29, 0.717) is 12.2 Å². The Morgan fingerprint density at radius 1 is 1.30 bits per heavy atom. The van der Waals surface area contributed by atoms with Crippen molar-refractivity contribution in [3.8, 4) is 5.75 Å². The van der Waals surface area contributed by atoms with E-state index in [1.54, 1.807) is 12.1 Å². The van der Waals surface area contributed by atoms with Gasteiger partial charge in [0.2, 0.25) is 0 Å². The van der Waals surface area contributed by atoms with Gasteiger partial charge in [-0.05, 0) is 35.9 Å². The monoisotopic (exact) mass is 294 g/mol. The number of carbonyl (C=O) groups is 1. The molecule has 4 N–H and O–H groups in total. The first-order chi connectivity index (χ1) is 9.47. The highest BCUT2D eigenvalue weighted by atomic mass is 35.5. The van der Waals surface area contributed by atoms with Gasteiger partial charge in [-0.2, -0.15) is 0 Å². The van der Waals surface area contributed by atoms with E-state index in [-0.39, 0.29) is 16.3 Å². The van der Waals surface area contributed by atoms with Crippen LogP contribution in [0, 0.1) is 5.82 Å². The first kappa shape index (κ1) is 14.1. The number of amides is 1. The molecule has 0 aliphatic carbocycles. The Morgan fingerprint density at radius 3 is 2.70 bits per heavy atom. The van der Waals surface area contributed by atoms with Gasteiger partial charge in [-0.1, -0.05) is 17.7 Å². The zero-order valence-electron chi connectivity index (χ0n) is 10.4. The fourth-order valence-electron chi connectivity index (χ4n) is 1.69. The minimum absolute atomic E-state index is 0.00761. The number of anilines is 1. The van der Waals surface area contributed by atoms with Gasteiger partial charge < -0.3 is 16.2 Å². The molecule has 0 radical (unpaired) electrons. The molecule has 2 rings (SSSR count). The number of nitrogens with one attached hydrogen (secondary N) is 1. The van der Waals surface area contributed by atoms with E-state index in [0.717, 1.165) is 5.56 Å². The maximum absolute atomic E-state index is 13.3. The minimum atomic E-state index is -0.821. The molecule has 6 heteroatoms. The van der Waals surface area contributed by atoms with Crippen LogP contribution in [-0.2, 0) is 6.54 Å². The zero-order valence-corrected chi connectivity index (χ0v) is 11.1. The summed E-state index contributed by atoms with van der Waals surface area (Å²) < 4.78 is 13.3. The second-order valence-corrected chi connectivity index (χ2v) is 4.61. The minimum Gasteiger partial charge on any atom is -0.506 e. The molecule has 0 aliphatic rings. The average molecular weight is 295 g/mol. The highest BCUT2D eigenvalue weighted by Crippen LogP contribution is 2.24. The van der Waals surface area contributed by atoms with Gasteiger partial charge in [0.1, 0.15) is 11.6 Å². The van der Waals surface area contributed by atoms with E-state index in [4.69, 9.17) is 17.3 Å². The molecule has 1 amide bonds. The number of primary amides is 1. The SMILES string of the molecule is NC(=O)c1cc(NCc2ccc(O)c(Cl)c2)ccc1F. The molecular formula is C14H12ClFN2O2. The van der Waals surface area contributed by atoms with Crippen molar-refractivity contribution < 1.29 is 14.3 Å². The molecule has 0 unspecified atom stereocenters. The van der Waals surface area contributed by atoms with Crippen molar-refractivity contribution in [2.24, 2.45) is 5.73 Å². The van der Waals surface area contributed by atoms with Crippen molar-refractivity contribution in [2.45, 2.75) is 6.54 Å². The molecule has 20 heavy (non-hydrogen) atoms. The molecule has 0 saturated carbocycles. The van der Waals surface area contributed by atoms with Gasteiger partial charge in [-0.3, -0.25) is 4.79 Å².